The maximum atomic E-state index is 5.74. The highest BCUT2D eigenvalue weighted by Gasteiger charge is 2.01. The summed E-state index contributed by atoms with van der Waals surface area (Å²) in [6.45, 7) is 3.83. The van der Waals surface area contributed by atoms with E-state index in [-0.39, 0.29) is 0 Å². The molecule has 0 fully saturated rings. The van der Waals surface area contributed by atoms with Gasteiger partial charge in [-0.25, -0.2) is 0 Å². The van der Waals surface area contributed by atoms with Gasteiger partial charge in [0.25, 0.3) is 0 Å². The van der Waals surface area contributed by atoms with Crippen LogP contribution in [0.25, 0.3) is 0 Å². The number of ether oxygens (including phenoxy) is 2. The van der Waals surface area contributed by atoms with Crippen LogP contribution >= 0.6 is 15.9 Å². The van der Waals surface area contributed by atoms with Crippen LogP contribution in [0.5, 0.6) is 5.75 Å². The molecule has 1 aromatic rings. The van der Waals surface area contributed by atoms with E-state index in [4.69, 9.17) is 9.47 Å². The lowest BCUT2D eigenvalue weighted by Gasteiger charge is -2.11. The van der Waals surface area contributed by atoms with Gasteiger partial charge >= 0.3 is 0 Å². The molecule has 102 valence electrons. The zero-order chi connectivity index (χ0) is 13.2. The van der Waals surface area contributed by atoms with E-state index in [0.717, 1.165) is 37.1 Å². The molecule has 0 aliphatic heterocycles. The van der Waals surface area contributed by atoms with Crippen molar-refractivity contribution in [2.75, 3.05) is 25.7 Å². The maximum Gasteiger partial charge on any atom is 0.119 e. The second-order valence-electron chi connectivity index (χ2n) is 4.61. The molecular formula is C15H23BrO2. The monoisotopic (exact) mass is 314 g/mol. The lowest BCUT2D eigenvalue weighted by atomic mass is 10.1. The van der Waals surface area contributed by atoms with Crippen molar-refractivity contribution in [2.45, 2.75) is 26.2 Å². The second kappa shape index (κ2) is 9.40. The molecule has 0 bridgehead atoms. The van der Waals surface area contributed by atoms with Gasteiger partial charge in [-0.3, -0.25) is 0 Å². The van der Waals surface area contributed by atoms with Gasteiger partial charge in [-0.1, -0.05) is 35.0 Å². The maximum absolute atomic E-state index is 5.74. The predicted molar refractivity (Wildman–Crippen MR) is 79.7 cm³/mol. The van der Waals surface area contributed by atoms with Crippen molar-refractivity contribution >= 4 is 15.9 Å². The first-order chi connectivity index (χ1) is 8.76. The van der Waals surface area contributed by atoms with Gasteiger partial charge in [-0.05, 0) is 42.9 Å². The van der Waals surface area contributed by atoms with Gasteiger partial charge in [0.2, 0.25) is 0 Å². The summed E-state index contributed by atoms with van der Waals surface area (Å²) in [5.41, 5.74) is 1.29. The molecule has 0 spiro atoms. The van der Waals surface area contributed by atoms with Crippen molar-refractivity contribution in [3.63, 3.8) is 0 Å². The Labute approximate surface area is 119 Å². The highest BCUT2D eigenvalue weighted by Crippen LogP contribution is 2.15. The van der Waals surface area contributed by atoms with Crippen LogP contribution in [0.4, 0.5) is 0 Å². The molecular weight excluding hydrogens is 292 g/mol. The van der Waals surface area contributed by atoms with Gasteiger partial charge in [-0.15, -0.1) is 0 Å². The first kappa shape index (κ1) is 15.5. The molecule has 1 aromatic carbocycles. The van der Waals surface area contributed by atoms with Gasteiger partial charge in [0.05, 0.1) is 13.2 Å². The van der Waals surface area contributed by atoms with E-state index in [2.05, 4.69) is 35.0 Å². The normalized spacial score (nSPS) is 12.4. The number of rotatable bonds is 9. The molecule has 0 saturated heterocycles. The Kier molecular flexibility index (Phi) is 8.10. The van der Waals surface area contributed by atoms with Crippen LogP contribution in [0, 0.1) is 5.92 Å². The molecule has 0 aliphatic rings. The van der Waals surface area contributed by atoms with Crippen LogP contribution < -0.4 is 4.74 Å². The van der Waals surface area contributed by atoms with Crippen molar-refractivity contribution in [2.24, 2.45) is 5.92 Å². The molecule has 18 heavy (non-hydrogen) atoms. The molecule has 2 nitrogen and oxygen atoms in total. The molecule has 1 rings (SSSR count). The molecule has 0 saturated carbocycles. The second-order valence-corrected chi connectivity index (χ2v) is 5.40. The first-order valence-electron chi connectivity index (χ1n) is 6.53. The first-order valence-corrected chi connectivity index (χ1v) is 7.65. The fraction of sp³-hybridized carbons (Fsp3) is 0.600. The molecule has 0 N–H and O–H groups in total. The summed E-state index contributed by atoms with van der Waals surface area (Å²) in [6.07, 6.45) is 3.27. The SMILES string of the molecule is COCCc1ccc(OCCC(C)CCBr)cc1. The van der Waals surface area contributed by atoms with Gasteiger partial charge < -0.3 is 9.47 Å². The molecule has 1 unspecified atom stereocenters. The van der Waals surface area contributed by atoms with Gasteiger partial charge in [0.15, 0.2) is 0 Å². The summed E-state index contributed by atoms with van der Waals surface area (Å²) in [6, 6.07) is 8.30. The predicted octanol–water partition coefficient (Wildman–Crippen LogP) is 4.07. The lowest BCUT2D eigenvalue weighted by Crippen LogP contribution is -2.04. The van der Waals surface area contributed by atoms with Crippen molar-refractivity contribution in [3.8, 4) is 5.75 Å². The number of benzene rings is 1. The number of hydrogen-bond acceptors (Lipinski definition) is 2. The van der Waals surface area contributed by atoms with Crippen LogP contribution in [0.3, 0.4) is 0 Å². The topological polar surface area (TPSA) is 18.5 Å². The van der Waals surface area contributed by atoms with Crippen LogP contribution in [0.15, 0.2) is 24.3 Å². The summed E-state index contributed by atoms with van der Waals surface area (Å²) >= 11 is 3.46. The summed E-state index contributed by atoms with van der Waals surface area (Å²) in [7, 11) is 1.73. The number of methoxy groups -OCH3 is 1. The molecule has 0 heterocycles. The van der Waals surface area contributed by atoms with Crippen LogP contribution in [0.2, 0.25) is 0 Å². The molecule has 0 aromatic heterocycles. The third-order valence-corrected chi connectivity index (χ3v) is 3.46. The molecule has 0 amide bonds. The fourth-order valence-electron chi connectivity index (χ4n) is 1.68. The zero-order valence-electron chi connectivity index (χ0n) is 11.3. The lowest BCUT2D eigenvalue weighted by molar-refractivity contribution is 0.202. The van der Waals surface area contributed by atoms with Gasteiger partial charge in [-0.2, -0.15) is 0 Å². The Morgan fingerprint density at radius 3 is 2.44 bits per heavy atom. The van der Waals surface area contributed by atoms with E-state index in [1.54, 1.807) is 7.11 Å². The summed E-state index contributed by atoms with van der Waals surface area (Å²) < 4.78 is 10.8. The van der Waals surface area contributed by atoms with E-state index in [1.165, 1.54) is 12.0 Å². The van der Waals surface area contributed by atoms with Crippen molar-refractivity contribution in [1.29, 1.82) is 0 Å². The van der Waals surface area contributed by atoms with E-state index in [1.807, 2.05) is 12.1 Å². The summed E-state index contributed by atoms with van der Waals surface area (Å²) in [5.74, 6) is 1.67. The van der Waals surface area contributed by atoms with E-state index in [0.29, 0.717) is 5.92 Å². The standard InChI is InChI=1S/C15H23BrO2/c1-13(7-10-16)8-12-18-15-5-3-14(4-6-15)9-11-17-2/h3-6,13H,7-12H2,1-2H3. The minimum absolute atomic E-state index is 0.713. The molecule has 0 radical (unpaired) electrons. The number of halogens is 1. The Morgan fingerprint density at radius 2 is 1.83 bits per heavy atom. The molecule has 1 atom stereocenters. The Bertz CT molecular complexity index is 311. The minimum atomic E-state index is 0.713. The Morgan fingerprint density at radius 1 is 1.11 bits per heavy atom. The van der Waals surface area contributed by atoms with Crippen LogP contribution in [-0.2, 0) is 11.2 Å². The van der Waals surface area contributed by atoms with E-state index in [9.17, 15) is 0 Å². The Balaban J connectivity index is 2.26. The summed E-state index contributed by atoms with van der Waals surface area (Å²) in [4.78, 5) is 0. The average molecular weight is 315 g/mol. The molecule has 0 aliphatic carbocycles. The average Bonchev–Trinajstić information content (AvgIpc) is 2.38. The van der Waals surface area contributed by atoms with Crippen LogP contribution in [0.1, 0.15) is 25.3 Å². The fourth-order valence-corrected chi connectivity index (χ4v) is 2.46. The highest BCUT2D eigenvalue weighted by molar-refractivity contribution is 9.09. The number of hydrogen-bond donors (Lipinski definition) is 0. The van der Waals surface area contributed by atoms with Gasteiger partial charge in [0, 0.05) is 12.4 Å². The quantitative estimate of drug-likeness (QED) is 0.640. The van der Waals surface area contributed by atoms with Gasteiger partial charge in [0.1, 0.15) is 5.75 Å². The van der Waals surface area contributed by atoms with E-state index < -0.39 is 0 Å². The molecule has 3 heteroatoms. The van der Waals surface area contributed by atoms with Crippen molar-refractivity contribution < 1.29 is 9.47 Å². The van der Waals surface area contributed by atoms with Crippen LogP contribution in [-0.4, -0.2) is 25.7 Å². The largest absolute Gasteiger partial charge is 0.494 e. The minimum Gasteiger partial charge on any atom is -0.494 e. The smallest absolute Gasteiger partial charge is 0.119 e. The number of alkyl halides is 1. The van der Waals surface area contributed by atoms with Crippen molar-refractivity contribution in [1.82, 2.24) is 0 Å². The third kappa shape index (κ3) is 6.41. The summed E-state index contributed by atoms with van der Waals surface area (Å²) in [5, 5.41) is 1.07. The highest BCUT2D eigenvalue weighted by atomic mass is 79.9. The zero-order valence-corrected chi connectivity index (χ0v) is 12.9. The van der Waals surface area contributed by atoms with E-state index >= 15 is 0 Å². The Hall–Kier alpha value is -0.540. The third-order valence-electron chi connectivity index (χ3n) is 3.00. The van der Waals surface area contributed by atoms with Crippen molar-refractivity contribution in [3.05, 3.63) is 29.8 Å².